The van der Waals surface area contributed by atoms with E-state index in [2.05, 4.69) is 6.92 Å². The van der Waals surface area contributed by atoms with Gasteiger partial charge in [-0.2, -0.15) is 0 Å². The van der Waals surface area contributed by atoms with Gasteiger partial charge in [-0.1, -0.05) is 6.92 Å². The molecule has 1 rings (SSSR count). The lowest BCUT2D eigenvalue weighted by Gasteiger charge is -2.06. The maximum absolute atomic E-state index is 11.4. The van der Waals surface area contributed by atoms with Gasteiger partial charge < -0.3 is 10.2 Å². The fourth-order valence-corrected chi connectivity index (χ4v) is 1.23. The van der Waals surface area contributed by atoms with E-state index in [1.165, 1.54) is 0 Å². The van der Waals surface area contributed by atoms with Crippen LogP contribution in [0.25, 0.3) is 0 Å². The Kier molecular flexibility index (Phi) is 4.40. The van der Waals surface area contributed by atoms with E-state index in [1.807, 2.05) is 6.07 Å². The summed E-state index contributed by atoms with van der Waals surface area (Å²) in [7, 11) is 0. The normalized spacial score (nSPS) is 12.7. The van der Waals surface area contributed by atoms with E-state index in [4.69, 9.17) is 10.2 Å². The Hall–Kier alpha value is -1.09. The van der Waals surface area contributed by atoms with Crippen LogP contribution in [0.1, 0.15) is 25.3 Å². The standard InChI is InChI=1S/C11H17NO2/c1-9(7-12)2-3-11(13)6-10-4-5-14-8-10/h4-5,8-9H,2-3,6-7,12H2,1H3. The van der Waals surface area contributed by atoms with Crippen LogP contribution in [0.5, 0.6) is 0 Å². The van der Waals surface area contributed by atoms with Crippen molar-refractivity contribution in [1.82, 2.24) is 0 Å². The molecule has 1 aromatic rings. The molecular weight excluding hydrogens is 178 g/mol. The predicted octanol–water partition coefficient (Wildman–Crippen LogP) is 1.77. The van der Waals surface area contributed by atoms with Crippen molar-refractivity contribution in [1.29, 1.82) is 0 Å². The topological polar surface area (TPSA) is 56.2 Å². The number of furan rings is 1. The van der Waals surface area contributed by atoms with Crippen molar-refractivity contribution < 1.29 is 9.21 Å². The van der Waals surface area contributed by atoms with Crippen LogP contribution in [0.2, 0.25) is 0 Å². The molecule has 3 nitrogen and oxygen atoms in total. The highest BCUT2D eigenvalue weighted by Crippen LogP contribution is 2.08. The molecule has 0 saturated heterocycles. The average molecular weight is 195 g/mol. The first kappa shape index (κ1) is 11.0. The van der Waals surface area contributed by atoms with Gasteiger partial charge in [0.1, 0.15) is 5.78 Å². The summed E-state index contributed by atoms with van der Waals surface area (Å²) in [6, 6.07) is 1.82. The lowest BCUT2D eigenvalue weighted by molar-refractivity contribution is -0.118. The Balaban J connectivity index is 2.23. The third-order valence-corrected chi connectivity index (χ3v) is 2.30. The lowest BCUT2D eigenvalue weighted by Crippen LogP contribution is -2.13. The van der Waals surface area contributed by atoms with Crippen LogP contribution in [0, 0.1) is 5.92 Å². The molecule has 3 heteroatoms. The van der Waals surface area contributed by atoms with Crippen LogP contribution in [-0.4, -0.2) is 12.3 Å². The number of ketones is 1. The van der Waals surface area contributed by atoms with Crippen LogP contribution in [-0.2, 0) is 11.2 Å². The van der Waals surface area contributed by atoms with Gasteiger partial charge in [-0.05, 0) is 30.5 Å². The molecule has 14 heavy (non-hydrogen) atoms. The third kappa shape index (κ3) is 3.75. The minimum absolute atomic E-state index is 0.256. The van der Waals surface area contributed by atoms with Gasteiger partial charge in [0.25, 0.3) is 0 Å². The molecule has 2 N–H and O–H groups in total. The van der Waals surface area contributed by atoms with Gasteiger partial charge in [0.15, 0.2) is 0 Å². The Morgan fingerprint density at radius 3 is 3.00 bits per heavy atom. The predicted molar refractivity (Wildman–Crippen MR) is 54.9 cm³/mol. The zero-order valence-corrected chi connectivity index (χ0v) is 8.53. The highest BCUT2D eigenvalue weighted by Gasteiger charge is 2.07. The molecule has 0 radical (unpaired) electrons. The lowest BCUT2D eigenvalue weighted by atomic mass is 10.0. The first-order valence-electron chi connectivity index (χ1n) is 4.95. The molecule has 0 bridgehead atoms. The summed E-state index contributed by atoms with van der Waals surface area (Å²) in [5.74, 6) is 0.690. The number of nitrogens with two attached hydrogens (primary N) is 1. The van der Waals surface area contributed by atoms with Gasteiger partial charge in [-0.25, -0.2) is 0 Å². The quantitative estimate of drug-likeness (QED) is 0.752. The molecule has 0 aliphatic carbocycles. The van der Waals surface area contributed by atoms with E-state index in [-0.39, 0.29) is 5.78 Å². The van der Waals surface area contributed by atoms with Gasteiger partial charge in [0, 0.05) is 12.8 Å². The second kappa shape index (κ2) is 5.60. The maximum atomic E-state index is 11.4. The average Bonchev–Trinajstić information content (AvgIpc) is 2.66. The van der Waals surface area contributed by atoms with Crippen molar-refractivity contribution in [3.05, 3.63) is 24.2 Å². The van der Waals surface area contributed by atoms with E-state index >= 15 is 0 Å². The fourth-order valence-electron chi connectivity index (χ4n) is 1.23. The molecule has 1 atom stereocenters. The van der Waals surface area contributed by atoms with Crippen LogP contribution < -0.4 is 5.73 Å². The molecule has 1 aromatic heterocycles. The Bertz CT molecular complexity index is 267. The van der Waals surface area contributed by atoms with E-state index in [0.717, 1.165) is 12.0 Å². The number of Topliss-reactive ketones (excluding diaryl/α,β-unsaturated/α-hetero) is 1. The van der Waals surface area contributed by atoms with Gasteiger partial charge in [0.05, 0.1) is 12.5 Å². The van der Waals surface area contributed by atoms with Crippen molar-refractivity contribution in [3.8, 4) is 0 Å². The minimum Gasteiger partial charge on any atom is -0.472 e. The van der Waals surface area contributed by atoms with Crippen LogP contribution in [0.15, 0.2) is 23.0 Å². The largest absolute Gasteiger partial charge is 0.472 e. The Labute approximate surface area is 84.3 Å². The Morgan fingerprint density at radius 1 is 1.64 bits per heavy atom. The smallest absolute Gasteiger partial charge is 0.137 e. The van der Waals surface area contributed by atoms with Crippen molar-refractivity contribution in [3.63, 3.8) is 0 Å². The van der Waals surface area contributed by atoms with E-state index in [9.17, 15) is 4.79 Å². The summed E-state index contributed by atoms with van der Waals surface area (Å²) < 4.78 is 4.89. The highest BCUT2D eigenvalue weighted by atomic mass is 16.3. The van der Waals surface area contributed by atoms with Gasteiger partial charge >= 0.3 is 0 Å². The van der Waals surface area contributed by atoms with E-state index < -0.39 is 0 Å². The van der Waals surface area contributed by atoms with Gasteiger partial charge in [-0.3, -0.25) is 4.79 Å². The second-order valence-corrected chi connectivity index (χ2v) is 3.73. The molecular formula is C11H17NO2. The SMILES string of the molecule is CC(CN)CCC(=O)Cc1ccoc1. The van der Waals surface area contributed by atoms with Crippen molar-refractivity contribution >= 4 is 5.78 Å². The van der Waals surface area contributed by atoms with Crippen molar-refractivity contribution in [2.75, 3.05) is 6.54 Å². The minimum atomic E-state index is 0.256. The summed E-state index contributed by atoms with van der Waals surface area (Å²) >= 11 is 0. The second-order valence-electron chi connectivity index (χ2n) is 3.73. The zero-order valence-electron chi connectivity index (χ0n) is 8.53. The monoisotopic (exact) mass is 195 g/mol. The molecule has 0 aromatic carbocycles. The number of carbonyl (C=O) groups excluding carboxylic acids is 1. The van der Waals surface area contributed by atoms with Crippen LogP contribution in [0.4, 0.5) is 0 Å². The fraction of sp³-hybridized carbons (Fsp3) is 0.545. The van der Waals surface area contributed by atoms with Gasteiger partial charge in [-0.15, -0.1) is 0 Å². The zero-order chi connectivity index (χ0) is 10.4. The summed E-state index contributed by atoms with van der Waals surface area (Å²) in [5.41, 5.74) is 6.42. The maximum Gasteiger partial charge on any atom is 0.137 e. The van der Waals surface area contributed by atoms with Crippen LogP contribution in [0.3, 0.4) is 0 Å². The summed E-state index contributed by atoms with van der Waals surface area (Å²) in [4.78, 5) is 11.4. The molecule has 0 aliphatic rings. The van der Waals surface area contributed by atoms with E-state index in [1.54, 1.807) is 12.5 Å². The molecule has 0 spiro atoms. The number of hydrogen-bond acceptors (Lipinski definition) is 3. The van der Waals surface area contributed by atoms with Crippen LogP contribution >= 0.6 is 0 Å². The van der Waals surface area contributed by atoms with Gasteiger partial charge in [0.2, 0.25) is 0 Å². The summed E-state index contributed by atoms with van der Waals surface area (Å²) in [6.07, 6.45) is 5.18. The first-order chi connectivity index (χ1) is 6.72. The number of carbonyl (C=O) groups is 1. The summed E-state index contributed by atoms with van der Waals surface area (Å²) in [6.45, 7) is 2.71. The van der Waals surface area contributed by atoms with Crippen molar-refractivity contribution in [2.45, 2.75) is 26.2 Å². The summed E-state index contributed by atoms with van der Waals surface area (Å²) in [5, 5.41) is 0. The molecule has 1 heterocycles. The van der Waals surface area contributed by atoms with E-state index in [0.29, 0.717) is 25.3 Å². The molecule has 0 aliphatic heterocycles. The molecule has 1 unspecified atom stereocenters. The third-order valence-electron chi connectivity index (χ3n) is 2.30. The highest BCUT2D eigenvalue weighted by molar-refractivity contribution is 5.80. The molecule has 0 fully saturated rings. The van der Waals surface area contributed by atoms with Crippen molar-refractivity contribution in [2.24, 2.45) is 11.7 Å². The number of hydrogen-bond donors (Lipinski definition) is 1. The first-order valence-corrected chi connectivity index (χ1v) is 4.95. The molecule has 78 valence electrons. The molecule has 0 saturated carbocycles. The molecule has 0 amide bonds. The number of rotatable bonds is 6. The Morgan fingerprint density at radius 2 is 2.43 bits per heavy atom.